The van der Waals surface area contributed by atoms with Gasteiger partial charge in [-0.2, -0.15) is 0 Å². The molecule has 1 N–H and O–H groups in total. The number of carbonyl (C=O) groups excluding carboxylic acids is 2. The highest BCUT2D eigenvalue weighted by Gasteiger charge is 2.36. The van der Waals surface area contributed by atoms with Crippen molar-refractivity contribution >= 4 is 11.8 Å². The number of hydrogen-bond acceptors (Lipinski definition) is 5. The van der Waals surface area contributed by atoms with Crippen molar-refractivity contribution in [3.8, 4) is 11.5 Å². The second kappa shape index (κ2) is 5.92. The number of nitrogens with one attached hydrogen (secondary N) is 1. The van der Waals surface area contributed by atoms with Crippen LogP contribution in [0.15, 0.2) is 12.1 Å². The summed E-state index contributed by atoms with van der Waals surface area (Å²) in [7, 11) is 4.82. The summed E-state index contributed by atoms with van der Waals surface area (Å²) in [4.78, 5) is 25.8. The number of methoxy groups -OCH3 is 2. The van der Waals surface area contributed by atoms with Crippen molar-refractivity contribution < 1.29 is 19.1 Å². The molecule has 1 aliphatic rings. The summed E-state index contributed by atoms with van der Waals surface area (Å²) in [5.74, 6) is 0.345. The first kappa shape index (κ1) is 14.3. The minimum atomic E-state index is -0.276. The first-order chi connectivity index (χ1) is 9.63. The van der Waals surface area contributed by atoms with Crippen LogP contribution >= 0.6 is 0 Å². The SMILES string of the molecule is CNCCCN1C(=O)c2cc(OC)c(OC)cc2C1=O. The quantitative estimate of drug-likeness (QED) is 0.619. The second-order valence-electron chi connectivity index (χ2n) is 4.47. The Morgan fingerprint density at radius 3 is 1.95 bits per heavy atom. The number of nitrogens with zero attached hydrogens (tertiary/aromatic N) is 1. The molecule has 2 amide bonds. The van der Waals surface area contributed by atoms with Gasteiger partial charge in [-0.3, -0.25) is 14.5 Å². The molecule has 0 aromatic heterocycles. The monoisotopic (exact) mass is 278 g/mol. The molecule has 1 aliphatic heterocycles. The zero-order valence-electron chi connectivity index (χ0n) is 11.9. The minimum absolute atomic E-state index is 0.276. The summed E-state index contributed by atoms with van der Waals surface area (Å²) in [5.41, 5.74) is 0.745. The van der Waals surface area contributed by atoms with Crippen LogP contribution in [-0.2, 0) is 0 Å². The van der Waals surface area contributed by atoms with E-state index in [0.29, 0.717) is 29.2 Å². The van der Waals surface area contributed by atoms with E-state index in [1.54, 1.807) is 12.1 Å². The highest BCUT2D eigenvalue weighted by atomic mass is 16.5. The Balaban J connectivity index is 2.31. The Bertz CT molecular complexity index is 499. The van der Waals surface area contributed by atoms with Crippen molar-refractivity contribution in [1.29, 1.82) is 0 Å². The second-order valence-corrected chi connectivity index (χ2v) is 4.47. The fourth-order valence-corrected chi connectivity index (χ4v) is 2.23. The lowest BCUT2D eigenvalue weighted by molar-refractivity contribution is 0.0652. The van der Waals surface area contributed by atoms with Crippen molar-refractivity contribution in [2.24, 2.45) is 0 Å². The van der Waals surface area contributed by atoms with Gasteiger partial charge in [0.2, 0.25) is 0 Å². The third-order valence-corrected chi connectivity index (χ3v) is 3.28. The first-order valence-corrected chi connectivity index (χ1v) is 6.40. The topological polar surface area (TPSA) is 67.9 Å². The van der Waals surface area contributed by atoms with Crippen molar-refractivity contribution in [3.05, 3.63) is 23.3 Å². The molecule has 20 heavy (non-hydrogen) atoms. The van der Waals surface area contributed by atoms with E-state index in [-0.39, 0.29) is 11.8 Å². The van der Waals surface area contributed by atoms with E-state index in [9.17, 15) is 9.59 Å². The van der Waals surface area contributed by atoms with Gasteiger partial charge in [0, 0.05) is 6.54 Å². The lowest BCUT2D eigenvalue weighted by atomic mass is 10.1. The predicted molar refractivity (Wildman–Crippen MR) is 73.5 cm³/mol. The number of benzene rings is 1. The van der Waals surface area contributed by atoms with Crippen LogP contribution in [-0.4, -0.2) is 51.1 Å². The van der Waals surface area contributed by atoms with Crippen LogP contribution in [0.2, 0.25) is 0 Å². The third-order valence-electron chi connectivity index (χ3n) is 3.28. The fraction of sp³-hybridized carbons (Fsp3) is 0.429. The molecule has 6 heteroatoms. The van der Waals surface area contributed by atoms with Gasteiger partial charge in [0.25, 0.3) is 11.8 Å². The van der Waals surface area contributed by atoms with E-state index < -0.39 is 0 Å². The van der Waals surface area contributed by atoms with E-state index >= 15 is 0 Å². The summed E-state index contributed by atoms with van der Waals surface area (Å²) in [6.07, 6.45) is 0.718. The van der Waals surface area contributed by atoms with Crippen LogP contribution in [0.25, 0.3) is 0 Å². The molecule has 108 valence electrons. The highest BCUT2D eigenvalue weighted by molar-refractivity contribution is 6.21. The Hall–Kier alpha value is -2.08. The van der Waals surface area contributed by atoms with Gasteiger partial charge >= 0.3 is 0 Å². The van der Waals surface area contributed by atoms with Crippen LogP contribution in [0.1, 0.15) is 27.1 Å². The van der Waals surface area contributed by atoms with E-state index in [1.807, 2.05) is 7.05 Å². The van der Waals surface area contributed by atoms with E-state index in [4.69, 9.17) is 9.47 Å². The lowest BCUT2D eigenvalue weighted by Crippen LogP contribution is -2.32. The van der Waals surface area contributed by atoms with Crippen LogP contribution in [0, 0.1) is 0 Å². The summed E-state index contributed by atoms with van der Waals surface area (Å²) in [6.45, 7) is 1.15. The smallest absolute Gasteiger partial charge is 0.261 e. The van der Waals surface area contributed by atoms with Gasteiger partial charge < -0.3 is 14.8 Å². The number of imide groups is 1. The average Bonchev–Trinajstić information content (AvgIpc) is 2.70. The van der Waals surface area contributed by atoms with E-state index in [0.717, 1.165) is 13.0 Å². The Kier molecular flexibility index (Phi) is 4.24. The molecule has 0 fully saturated rings. The summed E-state index contributed by atoms with van der Waals surface area (Å²) in [6, 6.07) is 3.12. The van der Waals surface area contributed by atoms with Crippen molar-refractivity contribution in [1.82, 2.24) is 10.2 Å². The Morgan fingerprint density at radius 2 is 1.55 bits per heavy atom. The first-order valence-electron chi connectivity index (χ1n) is 6.40. The van der Waals surface area contributed by atoms with E-state index in [1.165, 1.54) is 19.1 Å². The molecule has 1 aromatic carbocycles. The molecule has 0 spiro atoms. The molecule has 2 rings (SSSR count). The largest absolute Gasteiger partial charge is 0.493 e. The Labute approximate surface area is 117 Å². The molecule has 0 atom stereocenters. The minimum Gasteiger partial charge on any atom is -0.493 e. The summed E-state index contributed by atoms with van der Waals surface area (Å²) in [5, 5.41) is 2.99. The highest BCUT2D eigenvalue weighted by Crippen LogP contribution is 2.34. The molecule has 0 unspecified atom stereocenters. The maximum absolute atomic E-state index is 12.3. The van der Waals surface area contributed by atoms with Gasteiger partial charge in [0.05, 0.1) is 25.3 Å². The van der Waals surface area contributed by atoms with Gasteiger partial charge in [-0.1, -0.05) is 0 Å². The molecule has 0 saturated carbocycles. The average molecular weight is 278 g/mol. The fourth-order valence-electron chi connectivity index (χ4n) is 2.23. The van der Waals surface area contributed by atoms with E-state index in [2.05, 4.69) is 5.32 Å². The zero-order valence-corrected chi connectivity index (χ0v) is 11.9. The summed E-state index contributed by atoms with van der Waals surface area (Å²) >= 11 is 0. The van der Waals surface area contributed by atoms with Crippen LogP contribution in [0.3, 0.4) is 0 Å². The molecule has 0 saturated heterocycles. The number of rotatable bonds is 6. The van der Waals surface area contributed by atoms with Gasteiger partial charge in [-0.15, -0.1) is 0 Å². The molecule has 0 radical (unpaired) electrons. The van der Waals surface area contributed by atoms with Crippen LogP contribution in [0.4, 0.5) is 0 Å². The normalized spacial score (nSPS) is 13.7. The molecule has 0 aliphatic carbocycles. The maximum Gasteiger partial charge on any atom is 0.261 e. The number of fused-ring (bicyclic) bond motifs is 1. The third kappa shape index (κ3) is 2.34. The molecule has 1 heterocycles. The van der Waals surface area contributed by atoms with Crippen LogP contribution < -0.4 is 14.8 Å². The maximum atomic E-state index is 12.3. The standard InChI is InChI=1S/C14H18N2O4/c1-15-5-4-6-16-13(17)9-7-11(19-2)12(20-3)8-10(9)14(16)18/h7-8,15H,4-6H2,1-3H3. The summed E-state index contributed by atoms with van der Waals surface area (Å²) < 4.78 is 10.3. The zero-order chi connectivity index (χ0) is 14.7. The lowest BCUT2D eigenvalue weighted by Gasteiger charge is -2.12. The molecule has 6 nitrogen and oxygen atoms in total. The number of hydrogen-bond donors (Lipinski definition) is 1. The van der Waals surface area contributed by atoms with Crippen molar-refractivity contribution in [2.45, 2.75) is 6.42 Å². The molecule has 0 bridgehead atoms. The van der Waals surface area contributed by atoms with Gasteiger partial charge in [0.15, 0.2) is 11.5 Å². The number of amides is 2. The van der Waals surface area contributed by atoms with Gasteiger partial charge in [-0.05, 0) is 32.1 Å². The molecular formula is C14H18N2O4. The van der Waals surface area contributed by atoms with Crippen molar-refractivity contribution in [3.63, 3.8) is 0 Å². The molecule has 1 aromatic rings. The van der Waals surface area contributed by atoms with Crippen LogP contribution in [0.5, 0.6) is 11.5 Å². The molecular weight excluding hydrogens is 260 g/mol. The number of ether oxygens (including phenoxy) is 2. The predicted octanol–water partition coefficient (Wildman–Crippen LogP) is 0.909. The number of carbonyl (C=O) groups is 2. The van der Waals surface area contributed by atoms with Gasteiger partial charge in [-0.25, -0.2) is 0 Å². The van der Waals surface area contributed by atoms with Gasteiger partial charge in [0.1, 0.15) is 0 Å². The Morgan fingerprint density at radius 1 is 1.05 bits per heavy atom. The van der Waals surface area contributed by atoms with Crippen molar-refractivity contribution in [2.75, 3.05) is 34.4 Å².